The van der Waals surface area contributed by atoms with Gasteiger partial charge in [0.15, 0.2) is 0 Å². The van der Waals surface area contributed by atoms with Crippen LogP contribution >= 0.6 is 0 Å². The molecule has 5 nitrogen and oxygen atoms in total. The number of carbonyl (C=O) groups is 1. The van der Waals surface area contributed by atoms with Gasteiger partial charge in [-0.05, 0) is 35.9 Å². The highest BCUT2D eigenvalue weighted by atomic mass is 16.2. The zero-order valence-electron chi connectivity index (χ0n) is 15.4. The number of pyridine rings is 1. The zero-order chi connectivity index (χ0) is 20.0. The Morgan fingerprint density at radius 1 is 0.931 bits per heavy atom. The second-order valence-corrected chi connectivity index (χ2v) is 6.92. The molecule has 0 aliphatic carbocycles. The van der Waals surface area contributed by atoms with E-state index in [2.05, 4.69) is 11.1 Å². The summed E-state index contributed by atoms with van der Waals surface area (Å²) in [4.78, 5) is 28.0. The van der Waals surface area contributed by atoms with Crippen LogP contribution in [0.5, 0.6) is 0 Å². The Morgan fingerprint density at radius 3 is 2.48 bits per heavy atom. The lowest BCUT2D eigenvalue weighted by atomic mass is 10.0. The highest BCUT2D eigenvalue weighted by Gasteiger charge is 2.17. The first-order chi connectivity index (χ1) is 14.1. The van der Waals surface area contributed by atoms with Crippen molar-refractivity contribution >= 4 is 27.7 Å². The molecule has 0 aliphatic heterocycles. The van der Waals surface area contributed by atoms with Crippen LogP contribution in [-0.4, -0.2) is 15.5 Å². The lowest BCUT2D eigenvalue weighted by Gasteiger charge is -2.17. The number of nitrogens with one attached hydrogen (secondary N) is 1. The van der Waals surface area contributed by atoms with Crippen molar-refractivity contribution in [2.75, 3.05) is 0 Å². The van der Waals surface area contributed by atoms with Crippen molar-refractivity contribution in [3.8, 4) is 16.8 Å². The third-order valence-corrected chi connectivity index (χ3v) is 5.19. The number of fused-ring (bicyclic) bond motifs is 2. The largest absolute Gasteiger partial charge is 0.365 e. The number of H-pyrrole nitrogens is 1. The van der Waals surface area contributed by atoms with Gasteiger partial charge in [0.2, 0.25) is 5.43 Å². The molecule has 0 radical (unpaired) electrons. The summed E-state index contributed by atoms with van der Waals surface area (Å²) in [6.07, 6.45) is 3.44. The molecule has 0 spiro atoms. The van der Waals surface area contributed by atoms with Gasteiger partial charge < -0.3 is 15.3 Å². The van der Waals surface area contributed by atoms with Crippen LogP contribution in [0.25, 0.3) is 38.6 Å². The van der Waals surface area contributed by atoms with Crippen molar-refractivity contribution in [1.82, 2.24) is 9.55 Å². The summed E-state index contributed by atoms with van der Waals surface area (Å²) in [6.45, 7) is 0. The fourth-order valence-electron chi connectivity index (χ4n) is 3.79. The summed E-state index contributed by atoms with van der Waals surface area (Å²) < 4.78 is 1.87. The Balaban J connectivity index is 1.94. The van der Waals surface area contributed by atoms with Crippen LogP contribution < -0.4 is 11.2 Å². The molecule has 29 heavy (non-hydrogen) atoms. The molecule has 1 amide bonds. The Labute approximate surface area is 166 Å². The first-order valence-electron chi connectivity index (χ1n) is 9.24. The van der Waals surface area contributed by atoms with Crippen LogP contribution in [0.4, 0.5) is 0 Å². The summed E-state index contributed by atoms with van der Waals surface area (Å²) in [5.74, 6) is -0.739. The minimum absolute atomic E-state index is 0.0331. The van der Waals surface area contributed by atoms with Gasteiger partial charge in [-0.15, -0.1) is 0 Å². The van der Waals surface area contributed by atoms with E-state index >= 15 is 0 Å². The van der Waals surface area contributed by atoms with Crippen LogP contribution in [0.15, 0.2) is 90.0 Å². The number of hydrogen-bond acceptors (Lipinski definition) is 2. The molecule has 2 aromatic heterocycles. The lowest BCUT2D eigenvalue weighted by Crippen LogP contribution is -2.24. The maximum absolute atomic E-state index is 12.8. The van der Waals surface area contributed by atoms with Crippen molar-refractivity contribution in [2.45, 2.75) is 0 Å². The molecular weight excluding hydrogens is 362 g/mol. The zero-order valence-corrected chi connectivity index (χ0v) is 15.4. The fourth-order valence-corrected chi connectivity index (χ4v) is 3.79. The summed E-state index contributed by atoms with van der Waals surface area (Å²) in [6, 6.07) is 23.4. The molecule has 0 saturated heterocycles. The Bertz CT molecular complexity index is 1450. The number of hydrogen-bond donors (Lipinski definition) is 2. The number of benzene rings is 3. The number of amides is 1. The molecule has 5 rings (SSSR count). The SMILES string of the molecule is NC(=O)c1cn(-c2cc3[nH]ccc3cc2-c2ccccc2)c2ccccc2c1=O. The van der Waals surface area contributed by atoms with Gasteiger partial charge in [0.1, 0.15) is 5.56 Å². The van der Waals surface area contributed by atoms with Crippen molar-refractivity contribution in [1.29, 1.82) is 0 Å². The smallest absolute Gasteiger partial charge is 0.254 e. The summed E-state index contributed by atoms with van der Waals surface area (Å²) >= 11 is 0. The van der Waals surface area contributed by atoms with E-state index in [4.69, 9.17) is 5.73 Å². The number of rotatable bonds is 3. The summed E-state index contributed by atoms with van der Waals surface area (Å²) in [7, 11) is 0. The van der Waals surface area contributed by atoms with E-state index in [1.807, 2.05) is 65.4 Å². The van der Waals surface area contributed by atoms with Crippen molar-refractivity contribution in [3.63, 3.8) is 0 Å². The van der Waals surface area contributed by atoms with E-state index in [-0.39, 0.29) is 11.0 Å². The van der Waals surface area contributed by atoms with Gasteiger partial charge in [-0.2, -0.15) is 0 Å². The van der Waals surface area contributed by atoms with E-state index in [1.165, 1.54) is 0 Å². The topological polar surface area (TPSA) is 80.9 Å². The molecule has 2 heterocycles. The number of nitrogens with zero attached hydrogens (tertiary/aromatic N) is 1. The van der Waals surface area contributed by atoms with Gasteiger partial charge in [-0.3, -0.25) is 9.59 Å². The number of para-hydroxylation sites is 1. The first kappa shape index (κ1) is 17.0. The number of aromatic nitrogens is 2. The number of carbonyl (C=O) groups excluding carboxylic acids is 1. The minimum Gasteiger partial charge on any atom is -0.365 e. The number of nitrogens with two attached hydrogens (primary N) is 1. The van der Waals surface area contributed by atoms with Gasteiger partial charge in [0, 0.05) is 34.2 Å². The third kappa shape index (κ3) is 2.72. The Kier molecular flexibility index (Phi) is 3.81. The molecule has 0 fully saturated rings. The molecule has 5 heteroatoms. The minimum atomic E-state index is -0.739. The van der Waals surface area contributed by atoms with E-state index in [0.717, 1.165) is 27.7 Å². The van der Waals surface area contributed by atoms with Crippen molar-refractivity contribution < 1.29 is 4.79 Å². The second-order valence-electron chi connectivity index (χ2n) is 6.92. The van der Waals surface area contributed by atoms with Crippen LogP contribution in [0.3, 0.4) is 0 Å². The molecule has 0 bridgehead atoms. The van der Waals surface area contributed by atoms with Gasteiger partial charge in [-0.1, -0.05) is 42.5 Å². The molecule has 140 valence electrons. The van der Waals surface area contributed by atoms with E-state index in [9.17, 15) is 9.59 Å². The molecule has 0 atom stereocenters. The van der Waals surface area contributed by atoms with Crippen LogP contribution in [0.1, 0.15) is 10.4 Å². The van der Waals surface area contributed by atoms with Crippen LogP contribution in [-0.2, 0) is 0 Å². The quantitative estimate of drug-likeness (QED) is 0.492. The predicted octanol–water partition coefficient (Wildman–Crippen LogP) is 4.24. The normalized spacial score (nSPS) is 11.2. The monoisotopic (exact) mass is 379 g/mol. The highest BCUT2D eigenvalue weighted by Crippen LogP contribution is 2.32. The molecule has 3 aromatic carbocycles. The molecule has 5 aromatic rings. The average molecular weight is 379 g/mol. The molecule has 0 saturated carbocycles. The maximum atomic E-state index is 12.8. The van der Waals surface area contributed by atoms with Crippen LogP contribution in [0, 0.1) is 0 Å². The standard InChI is InChI=1S/C24H17N3O2/c25-24(29)19-14-27(21-9-5-4-8-17(21)23(19)28)22-13-20-16(10-11-26-20)12-18(22)15-6-2-1-3-7-15/h1-14,26H,(H2,25,29). The fraction of sp³-hybridized carbons (Fsp3) is 0. The van der Waals surface area contributed by atoms with Gasteiger partial charge in [0.05, 0.1) is 11.2 Å². The molecule has 0 unspecified atom stereocenters. The van der Waals surface area contributed by atoms with Gasteiger partial charge >= 0.3 is 0 Å². The first-order valence-corrected chi connectivity index (χ1v) is 9.24. The lowest BCUT2D eigenvalue weighted by molar-refractivity contribution is 0.0999. The van der Waals surface area contributed by atoms with Gasteiger partial charge in [-0.25, -0.2) is 0 Å². The summed E-state index contributed by atoms with van der Waals surface area (Å²) in [5.41, 5.74) is 9.68. The second kappa shape index (κ2) is 6.49. The summed E-state index contributed by atoms with van der Waals surface area (Å²) in [5, 5.41) is 1.53. The third-order valence-electron chi connectivity index (χ3n) is 5.19. The number of primary amides is 1. The Hall–Kier alpha value is -4.12. The number of aromatic amines is 1. The predicted molar refractivity (Wildman–Crippen MR) is 115 cm³/mol. The average Bonchev–Trinajstić information content (AvgIpc) is 3.21. The van der Waals surface area contributed by atoms with Gasteiger partial charge in [0.25, 0.3) is 5.91 Å². The van der Waals surface area contributed by atoms with Crippen molar-refractivity contribution in [2.24, 2.45) is 5.73 Å². The molecular formula is C24H17N3O2. The van der Waals surface area contributed by atoms with Crippen LogP contribution in [0.2, 0.25) is 0 Å². The van der Waals surface area contributed by atoms with Crippen molar-refractivity contribution in [3.05, 3.63) is 101 Å². The Morgan fingerprint density at radius 2 is 1.69 bits per heavy atom. The van der Waals surface area contributed by atoms with E-state index < -0.39 is 5.91 Å². The van der Waals surface area contributed by atoms with E-state index in [1.54, 1.807) is 18.3 Å². The highest BCUT2D eigenvalue weighted by molar-refractivity contribution is 5.98. The maximum Gasteiger partial charge on any atom is 0.254 e. The molecule has 3 N–H and O–H groups in total. The van der Waals surface area contributed by atoms with E-state index in [0.29, 0.717) is 10.9 Å². The molecule has 0 aliphatic rings.